The van der Waals surface area contributed by atoms with Gasteiger partial charge in [-0.25, -0.2) is 17.2 Å². The zero-order valence-electron chi connectivity index (χ0n) is 13.1. The van der Waals surface area contributed by atoms with Crippen molar-refractivity contribution in [3.05, 3.63) is 65.2 Å². The molecular weight excluding hydrogens is 336 g/mol. The molecule has 1 unspecified atom stereocenters. The summed E-state index contributed by atoms with van der Waals surface area (Å²) in [6, 6.07) is 10.1. The van der Waals surface area contributed by atoms with E-state index in [0.29, 0.717) is 19.1 Å². The Kier molecular flexibility index (Phi) is 4.67. The average molecular weight is 353 g/mol. The van der Waals surface area contributed by atoms with E-state index in [-0.39, 0.29) is 12.6 Å². The molecule has 0 N–H and O–H groups in total. The molecule has 0 saturated heterocycles. The van der Waals surface area contributed by atoms with Crippen LogP contribution in [0.1, 0.15) is 11.1 Å². The number of rotatable bonds is 4. The SMILES string of the molecule is CN(CC1Cc2ccccc2CO1)S(=O)(=O)c1cc(F)cc(F)c1. The number of fused-ring (bicyclic) bond motifs is 1. The van der Waals surface area contributed by atoms with E-state index in [4.69, 9.17) is 4.74 Å². The first-order valence-corrected chi connectivity index (χ1v) is 8.91. The third-order valence-corrected chi connectivity index (χ3v) is 5.85. The topological polar surface area (TPSA) is 46.6 Å². The van der Waals surface area contributed by atoms with E-state index < -0.39 is 26.6 Å². The molecule has 0 spiro atoms. The average Bonchev–Trinajstić information content (AvgIpc) is 2.53. The molecular formula is C17H17F2NO3S. The summed E-state index contributed by atoms with van der Waals surface area (Å²) in [7, 11) is -2.61. The summed E-state index contributed by atoms with van der Waals surface area (Å²) >= 11 is 0. The minimum atomic E-state index is -3.99. The molecule has 3 rings (SSSR count). The van der Waals surface area contributed by atoms with Gasteiger partial charge < -0.3 is 4.74 Å². The van der Waals surface area contributed by atoms with Gasteiger partial charge in [-0.1, -0.05) is 24.3 Å². The number of nitrogens with zero attached hydrogens (tertiary/aromatic N) is 1. The number of hydrogen-bond acceptors (Lipinski definition) is 3. The van der Waals surface area contributed by atoms with Gasteiger partial charge in [0.15, 0.2) is 0 Å². The maximum absolute atomic E-state index is 13.3. The molecule has 4 nitrogen and oxygen atoms in total. The number of hydrogen-bond donors (Lipinski definition) is 0. The molecule has 0 aliphatic carbocycles. The van der Waals surface area contributed by atoms with Crippen molar-refractivity contribution in [3.63, 3.8) is 0 Å². The molecule has 0 aromatic heterocycles. The lowest BCUT2D eigenvalue weighted by Crippen LogP contribution is -2.38. The smallest absolute Gasteiger partial charge is 0.243 e. The van der Waals surface area contributed by atoms with Gasteiger partial charge in [-0.05, 0) is 23.3 Å². The Morgan fingerprint density at radius 3 is 2.42 bits per heavy atom. The predicted molar refractivity (Wildman–Crippen MR) is 84.9 cm³/mol. The molecule has 1 aliphatic heterocycles. The first kappa shape index (κ1) is 17.0. The van der Waals surface area contributed by atoms with Crippen LogP contribution in [0.3, 0.4) is 0 Å². The molecule has 2 aromatic rings. The normalized spacial score (nSPS) is 17.8. The van der Waals surface area contributed by atoms with E-state index in [1.54, 1.807) is 0 Å². The molecule has 1 aliphatic rings. The molecule has 1 heterocycles. The van der Waals surface area contributed by atoms with Crippen molar-refractivity contribution >= 4 is 10.0 Å². The lowest BCUT2D eigenvalue weighted by Gasteiger charge is -2.28. The van der Waals surface area contributed by atoms with Crippen molar-refractivity contribution in [2.24, 2.45) is 0 Å². The number of sulfonamides is 1. The van der Waals surface area contributed by atoms with E-state index in [9.17, 15) is 17.2 Å². The van der Waals surface area contributed by atoms with Crippen LogP contribution in [-0.4, -0.2) is 32.4 Å². The van der Waals surface area contributed by atoms with E-state index in [2.05, 4.69) is 0 Å². The van der Waals surface area contributed by atoms with Crippen LogP contribution in [0.15, 0.2) is 47.4 Å². The summed E-state index contributed by atoms with van der Waals surface area (Å²) in [6.07, 6.45) is 0.283. The van der Waals surface area contributed by atoms with E-state index in [0.717, 1.165) is 27.6 Å². The molecule has 0 saturated carbocycles. The van der Waals surface area contributed by atoms with Gasteiger partial charge in [-0.3, -0.25) is 0 Å². The second kappa shape index (κ2) is 6.58. The summed E-state index contributed by atoms with van der Waals surface area (Å²) in [5.74, 6) is -1.85. The molecule has 1 atom stereocenters. The molecule has 2 aromatic carbocycles. The van der Waals surface area contributed by atoms with Crippen LogP contribution in [0.5, 0.6) is 0 Å². The number of halogens is 2. The highest BCUT2D eigenvalue weighted by Crippen LogP contribution is 2.23. The van der Waals surface area contributed by atoms with Gasteiger partial charge in [-0.15, -0.1) is 0 Å². The summed E-state index contributed by atoms with van der Waals surface area (Å²) in [6.45, 7) is 0.526. The van der Waals surface area contributed by atoms with E-state index in [1.807, 2.05) is 24.3 Å². The molecule has 0 fully saturated rings. The van der Waals surface area contributed by atoms with Gasteiger partial charge in [0.05, 0.1) is 17.6 Å². The molecule has 0 bridgehead atoms. The van der Waals surface area contributed by atoms with Crippen molar-refractivity contribution in [3.8, 4) is 0 Å². The van der Waals surface area contributed by atoms with Crippen molar-refractivity contribution in [2.45, 2.75) is 24.0 Å². The first-order chi connectivity index (χ1) is 11.4. The quantitative estimate of drug-likeness (QED) is 0.849. The summed E-state index contributed by atoms with van der Waals surface area (Å²) in [5.41, 5.74) is 2.21. The maximum atomic E-state index is 13.3. The second-order valence-electron chi connectivity index (χ2n) is 5.80. The van der Waals surface area contributed by atoms with Gasteiger partial charge in [0.1, 0.15) is 11.6 Å². The van der Waals surface area contributed by atoms with Crippen LogP contribution in [0.2, 0.25) is 0 Å². The Hall–Kier alpha value is -1.83. The molecule has 24 heavy (non-hydrogen) atoms. The Morgan fingerprint density at radius 2 is 1.75 bits per heavy atom. The zero-order chi connectivity index (χ0) is 17.3. The molecule has 7 heteroatoms. The number of benzene rings is 2. The summed E-state index contributed by atoms with van der Waals surface area (Å²) in [5, 5.41) is 0. The highest BCUT2D eigenvalue weighted by molar-refractivity contribution is 7.89. The van der Waals surface area contributed by atoms with Gasteiger partial charge in [0.2, 0.25) is 10.0 Å². The summed E-state index contributed by atoms with van der Waals surface area (Å²) in [4.78, 5) is -0.404. The zero-order valence-corrected chi connectivity index (χ0v) is 13.9. The van der Waals surface area contributed by atoms with Crippen molar-refractivity contribution in [2.75, 3.05) is 13.6 Å². The molecule has 128 valence electrons. The summed E-state index contributed by atoms with van der Waals surface area (Å²) < 4.78 is 58.4. The van der Waals surface area contributed by atoms with Crippen molar-refractivity contribution in [1.29, 1.82) is 0 Å². The molecule has 0 amide bonds. The highest BCUT2D eigenvalue weighted by atomic mass is 32.2. The number of ether oxygens (including phenoxy) is 1. The van der Waals surface area contributed by atoms with Gasteiger partial charge in [0, 0.05) is 26.1 Å². The van der Waals surface area contributed by atoms with Crippen LogP contribution >= 0.6 is 0 Å². The van der Waals surface area contributed by atoms with Crippen LogP contribution in [0, 0.1) is 11.6 Å². The Morgan fingerprint density at radius 1 is 1.12 bits per heavy atom. The van der Waals surface area contributed by atoms with Crippen molar-refractivity contribution < 1.29 is 21.9 Å². The third kappa shape index (κ3) is 3.48. The van der Waals surface area contributed by atoms with E-state index in [1.165, 1.54) is 7.05 Å². The Bertz CT molecular complexity index is 834. The van der Waals surface area contributed by atoms with Gasteiger partial charge in [0.25, 0.3) is 0 Å². The minimum Gasteiger partial charge on any atom is -0.372 e. The maximum Gasteiger partial charge on any atom is 0.243 e. The largest absolute Gasteiger partial charge is 0.372 e. The van der Waals surface area contributed by atoms with Gasteiger partial charge in [-0.2, -0.15) is 4.31 Å². The van der Waals surface area contributed by atoms with Crippen LogP contribution in [0.4, 0.5) is 8.78 Å². The minimum absolute atomic E-state index is 0.106. The monoisotopic (exact) mass is 353 g/mol. The number of likely N-dealkylation sites (N-methyl/N-ethyl adjacent to an activating group) is 1. The fourth-order valence-electron chi connectivity index (χ4n) is 2.77. The highest BCUT2D eigenvalue weighted by Gasteiger charge is 2.27. The van der Waals surface area contributed by atoms with Crippen LogP contribution in [0.25, 0.3) is 0 Å². The van der Waals surface area contributed by atoms with Crippen LogP contribution < -0.4 is 0 Å². The van der Waals surface area contributed by atoms with Gasteiger partial charge >= 0.3 is 0 Å². The Balaban J connectivity index is 1.76. The Labute approximate surface area is 139 Å². The fraction of sp³-hybridized carbons (Fsp3) is 0.294. The second-order valence-corrected chi connectivity index (χ2v) is 7.84. The first-order valence-electron chi connectivity index (χ1n) is 7.47. The van der Waals surface area contributed by atoms with Crippen LogP contribution in [-0.2, 0) is 27.8 Å². The fourth-order valence-corrected chi connectivity index (χ4v) is 4.01. The van der Waals surface area contributed by atoms with Crippen molar-refractivity contribution in [1.82, 2.24) is 4.31 Å². The third-order valence-electron chi connectivity index (χ3n) is 4.05. The lowest BCUT2D eigenvalue weighted by atomic mass is 9.99. The molecule has 0 radical (unpaired) electrons. The lowest BCUT2D eigenvalue weighted by molar-refractivity contribution is 0.0202. The standard InChI is InChI=1S/C17H17F2NO3S/c1-20(24(21,22)17-8-14(18)7-15(19)9-17)10-16-6-12-4-2-3-5-13(12)11-23-16/h2-5,7-9,16H,6,10-11H2,1H3. The predicted octanol–water partition coefficient (Wildman–Crippen LogP) is 2.73. The van der Waals surface area contributed by atoms with E-state index >= 15 is 0 Å².